The Labute approximate surface area is 470 Å². The van der Waals surface area contributed by atoms with Gasteiger partial charge in [0.2, 0.25) is 0 Å². The van der Waals surface area contributed by atoms with Crippen LogP contribution in [0.15, 0.2) is 109 Å². The molecule has 1 atom stereocenters. The molecule has 6 nitrogen and oxygen atoms in total. The van der Waals surface area contributed by atoms with Crippen molar-refractivity contribution < 1.29 is 28.6 Å². The second-order valence-corrected chi connectivity index (χ2v) is 20.9. The Morgan fingerprint density at radius 1 is 0.276 bits per heavy atom. The van der Waals surface area contributed by atoms with Gasteiger partial charge in [-0.3, -0.25) is 14.4 Å². The van der Waals surface area contributed by atoms with Gasteiger partial charge in [-0.2, -0.15) is 0 Å². The first-order valence-electron chi connectivity index (χ1n) is 31.9. The van der Waals surface area contributed by atoms with Crippen molar-refractivity contribution >= 4 is 17.9 Å². The van der Waals surface area contributed by atoms with Crippen LogP contribution in [0.1, 0.15) is 297 Å². The lowest BCUT2D eigenvalue weighted by Crippen LogP contribution is -2.30. The molecule has 434 valence electrons. The van der Waals surface area contributed by atoms with Crippen LogP contribution in [-0.4, -0.2) is 37.2 Å². The number of esters is 3. The summed E-state index contributed by atoms with van der Waals surface area (Å²) in [6.07, 6.45) is 86.5. The zero-order valence-corrected chi connectivity index (χ0v) is 49.7. The highest BCUT2D eigenvalue weighted by Crippen LogP contribution is 2.15. The summed E-state index contributed by atoms with van der Waals surface area (Å²) in [7, 11) is 0. The maximum absolute atomic E-state index is 12.9. The first-order chi connectivity index (χ1) is 37.5. The van der Waals surface area contributed by atoms with Crippen LogP contribution in [0.2, 0.25) is 0 Å². The van der Waals surface area contributed by atoms with E-state index in [1.807, 2.05) is 0 Å². The quantitative estimate of drug-likeness (QED) is 0.0261. The monoisotopic (exact) mass is 1050 g/mol. The van der Waals surface area contributed by atoms with Crippen LogP contribution >= 0.6 is 0 Å². The molecule has 0 rings (SSSR count). The van der Waals surface area contributed by atoms with E-state index in [4.69, 9.17) is 14.2 Å². The zero-order chi connectivity index (χ0) is 55.0. The lowest BCUT2D eigenvalue weighted by Gasteiger charge is -2.18. The van der Waals surface area contributed by atoms with Crippen molar-refractivity contribution in [3.63, 3.8) is 0 Å². The van der Waals surface area contributed by atoms with Gasteiger partial charge in [-0.1, -0.05) is 259 Å². The molecule has 0 aliphatic heterocycles. The zero-order valence-electron chi connectivity index (χ0n) is 49.7. The molecule has 0 saturated carbocycles. The highest BCUT2D eigenvalue weighted by atomic mass is 16.6. The van der Waals surface area contributed by atoms with Crippen LogP contribution in [0, 0.1) is 0 Å². The van der Waals surface area contributed by atoms with E-state index >= 15 is 0 Å². The maximum Gasteiger partial charge on any atom is 0.306 e. The van der Waals surface area contributed by atoms with E-state index in [1.165, 1.54) is 122 Å². The molecule has 0 aromatic carbocycles. The lowest BCUT2D eigenvalue weighted by atomic mass is 10.1. The third-order valence-electron chi connectivity index (χ3n) is 13.5. The molecule has 0 saturated heterocycles. The van der Waals surface area contributed by atoms with Gasteiger partial charge in [0.25, 0.3) is 0 Å². The largest absolute Gasteiger partial charge is 0.462 e. The van der Waals surface area contributed by atoms with E-state index in [-0.39, 0.29) is 31.1 Å². The SMILES string of the molecule is CC/C=C\C/C=C\C/C=C\C/C=C\C/C=C\CCCCCCCCCCCC(=O)OCC(COC(=O)CCCCCCC/C=C\C/C=C\CCCCCC)OC(=O)CCCCCCCCC/C=C\C/C=C\CCCCC. The molecule has 1 unspecified atom stereocenters. The first-order valence-corrected chi connectivity index (χ1v) is 31.9. The minimum absolute atomic E-state index is 0.0896. The van der Waals surface area contributed by atoms with E-state index in [0.717, 1.165) is 135 Å². The van der Waals surface area contributed by atoms with Gasteiger partial charge in [0.05, 0.1) is 0 Å². The number of allylic oxidation sites excluding steroid dienone is 18. The minimum atomic E-state index is -0.794. The molecule has 76 heavy (non-hydrogen) atoms. The summed E-state index contributed by atoms with van der Waals surface area (Å²) in [5, 5.41) is 0. The van der Waals surface area contributed by atoms with Gasteiger partial charge in [0.1, 0.15) is 13.2 Å². The number of hydrogen-bond donors (Lipinski definition) is 0. The first kappa shape index (κ1) is 72.1. The average Bonchev–Trinajstić information content (AvgIpc) is 3.42. The van der Waals surface area contributed by atoms with Gasteiger partial charge >= 0.3 is 17.9 Å². The smallest absolute Gasteiger partial charge is 0.306 e. The second kappa shape index (κ2) is 63.6. The van der Waals surface area contributed by atoms with Gasteiger partial charge in [-0.05, 0) is 128 Å². The molecule has 0 heterocycles. The van der Waals surface area contributed by atoms with Crippen LogP contribution in [0.3, 0.4) is 0 Å². The summed E-state index contributed by atoms with van der Waals surface area (Å²) < 4.78 is 16.9. The summed E-state index contributed by atoms with van der Waals surface area (Å²) in [6.45, 7) is 6.48. The third kappa shape index (κ3) is 60.9. The Morgan fingerprint density at radius 2 is 0.513 bits per heavy atom. The number of rotatable bonds is 57. The molecule has 0 amide bonds. The van der Waals surface area contributed by atoms with Crippen LogP contribution in [0.5, 0.6) is 0 Å². The van der Waals surface area contributed by atoms with Gasteiger partial charge in [-0.25, -0.2) is 0 Å². The molecule has 0 aliphatic rings. The van der Waals surface area contributed by atoms with Crippen LogP contribution in [0.4, 0.5) is 0 Å². The lowest BCUT2D eigenvalue weighted by molar-refractivity contribution is -0.167. The van der Waals surface area contributed by atoms with Crippen LogP contribution < -0.4 is 0 Å². The van der Waals surface area contributed by atoms with Crippen LogP contribution in [-0.2, 0) is 28.6 Å². The number of ether oxygens (including phenoxy) is 3. The van der Waals surface area contributed by atoms with Gasteiger partial charge in [0, 0.05) is 19.3 Å². The topological polar surface area (TPSA) is 78.9 Å². The summed E-state index contributed by atoms with van der Waals surface area (Å²) in [5.74, 6) is -0.910. The van der Waals surface area contributed by atoms with E-state index in [9.17, 15) is 14.4 Å². The molecule has 0 fully saturated rings. The van der Waals surface area contributed by atoms with Crippen molar-refractivity contribution in [1.29, 1.82) is 0 Å². The van der Waals surface area contributed by atoms with E-state index in [0.29, 0.717) is 19.3 Å². The predicted octanol–water partition coefficient (Wildman–Crippen LogP) is 21.8. The van der Waals surface area contributed by atoms with Crippen molar-refractivity contribution in [2.75, 3.05) is 13.2 Å². The Bertz CT molecular complexity index is 1540. The summed E-state index contributed by atoms with van der Waals surface area (Å²) in [4.78, 5) is 38.3. The third-order valence-corrected chi connectivity index (χ3v) is 13.5. The predicted molar refractivity (Wildman–Crippen MR) is 330 cm³/mol. The molecule has 0 N–H and O–H groups in total. The molecule has 0 aliphatic carbocycles. The van der Waals surface area contributed by atoms with Crippen molar-refractivity contribution in [3.8, 4) is 0 Å². The number of carbonyl (C=O) groups excluding carboxylic acids is 3. The number of carbonyl (C=O) groups is 3. The molecule has 0 radical (unpaired) electrons. The number of unbranched alkanes of at least 4 members (excludes halogenated alkanes) is 28. The fraction of sp³-hybridized carbons (Fsp3) is 0.700. The fourth-order valence-electron chi connectivity index (χ4n) is 8.71. The summed E-state index contributed by atoms with van der Waals surface area (Å²) >= 11 is 0. The van der Waals surface area contributed by atoms with Gasteiger partial charge in [-0.15, -0.1) is 0 Å². The normalized spacial score (nSPS) is 12.8. The van der Waals surface area contributed by atoms with Crippen molar-refractivity contribution in [3.05, 3.63) is 109 Å². The molecule has 6 heteroatoms. The van der Waals surface area contributed by atoms with Crippen molar-refractivity contribution in [2.24, 2.45) is 0 Å². The Kier molecular flexibility index (Phi) is 60.3. The Morgan fingerprint density at radius 3 is 0.829 bits per heavy atom. The molecular weight excluding hydrogens is 937 g/mol. The summed E-state index contributed by atoms with van der Waals surface area (Å²) in [5.41, 5.74) is 0. The highest BCUT2D eigenvalue weighted by molar-refractivity contribution is 5.71. The molecular formula is C70H118O6. The van der Waals surface area contributed by atoms with Crippen LogP contribution in [0.25, 0.3) is 0 Å². The van der Waals surface area contributed by atoms with E-state index < -0.39 is 6.10 Å². The summed E-state index contributed by atoms with van der Waals surface area (Å²) in [6, 6.07) is 0. The highest BCUT2D eigenvalue weighted by Gasteiger charge is 2.19. The van der Waals surface area contributed by atoms with Crippen molar-refractivity contribution in [1.82, 2.24) is 0 Å². The van der Waals surface area contributed by atoms with Gasteiger partial charge < -0.3 is 14.2 Å². The minimum Gasteiger partial charge on any atom is -0.462 e. The average molecular weight is 1060 g/mol. The Balaban J connectivity index is 4.39. The molecule has 0 spiro atoms. The van der Waals surface area contributed by atoms with Crippen molar-refractivity contribution in [2.45, 2.75) is 303 Å². The molecule has 0 aromatic heterocycles. The van der Waals surface area contributed by atoms with E-state index in [1.54, 1.807) is 0 Å². The molecule has 0 aromatic rings. The van der Waals surface area contributed by atoms with E-state index in [2.05, 4.69) is 130 Å². The Hall–Kier alpha value is -3.93. The molecule has 0 bridgehead atoms. The maximum atomic E-state index is 12.9. The standard InChI is InChI=1S/C70H118O6/c1-4-7-10-13-16-19-22-25-28-31-32-33-34-35-36-37-38-40-42-45-48-51-54-57-60-63-69(72)75-66-67(65-74-68(71)62-59-56-53-50-47-44-41-30-27-24-21-18-15-12-9-6-3)76-70(73)64-61-58-55-52-49-46-43-39-29-26-23-20-17-14-11-8-5-2/h7,10,16-17,19-21,24-26,28-30,32-33,35-36,41,67H,4-6,8-9,11-15,18,22-23,27,31,34,37-40,42-66H2,1-3H3/b10-7-,19-16-,20-17-,24-21-,28-25-,29-26-,33-32-,36-35-,41-30-. The fourth-order valence-corrected chi connectivity index (χ4v) is 8.71. The van der Waals surface area contributed by atoms with Gasteiger partial charge in [0.15, 0.2) is 6.10 Å². The number of hydrogen-bond acceptors (Lipinski definition) is 6. The second-order valence-electron chi connectivity index (χ2n) is 20.9.